The Morgan fingerprint density at radius 1 is 1.35 bits per heavy atom. The fourth-order valence-corrected chi connectivity index (χ4v) is 2.10. The lowest BCUT2D eigenvalue weighted by molar-refractivity contribution is -0.128. The molecule has 7 heteroatoms. The van der Waals surface area contributed by atoms with Gasteiger partial charge in [-0.2, -0.15) is 10.8 Å². The molecule has 0 bridgehead atoms. The molecule has 3 N–H and O–H groups in total. The van der Waals surface area contributed by atoms with Gasteiger partial charge in [-0.25, -0.2) is 0 Å². The first-order valence-corrected chi connectivity index (χ1v) is 6.06. The van der Waals surface area contributed by atoms with Gasteiger partial charge in [0.25, 0.3) is 5.91 Å². The molecule has 20 heavy (non-hydrogen) atoms. The summed E-state index contributed by atoms with van der Waals surface area (Å²) in [6, 6.07) is 5.03. The second-order valence-electron chi connectivity index (χ2n) is 4.90. The van der Waals surface area contributed by atoms with E-state index in [0.717, 1.165) is 0 Å². The summed E-state index contributed by atoms with van der Waals surface area (Å²) >= 11 is 0. The summed E-state index contributed by atoms with van der Waals surface area (Å²) in [5, 5.41) is 4.36. The molecule has 2 rings (SSSR count). The maximum Gasteiger partial charge on any atom is 0.261 e. The van der Waals surface area contributed by atoms with Gasteiger partial charge in [0.05, 0.1) is 14.2 Å². The normalized spacial score (nSPS) is 24.4. The lowest BCUT2D eigenvalue weighted by Crippen LogP contribution is -2.54. The third-order valence-corrected chi connectivity index (χ3v) is 3.04. The Labute approximate surface area is 117 Å². The van der Waals surface area contributed by atoms with Crippen molar-refractivity contribution in [3.63, 3.8) is 0 Å². The molecule has 1 radical (unpaired) electrons. The second kappa shape index (κ2) is 4.93. The van der Waals surface area contributed by atoms with Crippen LogP contribution in [0.25, 0.3) is 0 Å². The van der Waals surface area contributed by atoms with Crippen molar-refractivity contribution in [2.45, 2.75) is 25.2 Å². The lowest BCUT2D eigenvalue weighted by Gasteiger charge is -2.26. The Balaban J connectivity index is 2.54. The zero-order valence-electron chi connectivity index (χ0n) is 11.9. The zero-order valence-corrected chi connectivity index (χ0v) is 11.9. The van der Waals surface area contributed by atoms with Gasteiger partial charge in [0.15, 0.2) is 5.72 Å². The van der Waals surface area contributed by atoms with Gasteiger partial charge in [0.2, 0.25) is 5.66 Å². The third-order valence-electron chi connectivity index (χ3n) is 3.04. The van der Waals surface area contributed by atoms with E-state index < -0.39 is 17.3 Å². The molecule has 1 aliphatic heterocycles. The fraction of sp³-hybridized carbons (Fsp3) is 0.462. The van der Waals surface area contributed by atoms with Crippen LogP contribution in [-0.2, 0) is 15.3 Å². The number of hydrogen-bond acceptors (Lipinski definition) is 5. The topological polar surface area (TPSA) is 96.9 Å². The van der Waals surface area contributed by atoms with Crippen LogP contribution in [0.2, 0.25) is 0 Å². The number of carbonyl (C=O) groups excluding carboxylic acids is 1. The number of methoxy groups -OCH3 is 2. The van der Waals surface area contributed by atoms with Crippen molar-refractivity contribution in [3.8, 4) is 11.5 Å². The van der Waals surface area contributed by atoms with Crippen molar-refractivity contribution in [2.75, 3.05) is 14.2 Å². The Bertz CT molecular complexity index is 532. The summed E-state index contributed by atoms with van der Waals surface area (Å²) < 4.78 is 10.4. The summed E-state index contributed by atoms with van der Waals surface area (Å²) in [7, 11) is 3.04. The van der Waals surface area contributed by atoms with Gasteiger partial charge in [0, 0.05) is 11.6 Å². The highest BCUT2D eigenvalue weighted by molar-refractivity contribution is 5.87. The second-order valence-corrected chi connectivity index (χ2v) is 4.90. The molecular formula is C13H18N3O4. The van der Waals surface area contributed by atoms with Gasteiger partial charge < -0.3 is 15.2 Å². The molecule has 1 amide bonds. The van der Waals surface area contributed by atoms with E-state index in [1.165, 1.54) is 7.11 Å². The van der Waals surface area contributed by atoms with Crippen LogP contribution in [0, 0.1) is 0 Å². The lowest BCUT2D eigenvalue weighted by atomic mass is 9.97. The van der Waals surface area contributed by atoms with Crippen LogP contribution in [-0.4, -0.2) is 25.9 Å². The first kappa shape index (κ1) is 14.6. The number of ether oxygens (including phenoxy) is 2. The molecule has 1 aromatic carbocycles. The largest absolute Gasteiger partial charge is 0.497 e. The summed E-state index contributed by atoms with van der Waals surface area (Å²) in [5.41, 5.74) is 6.26. The molecule has 1 aliphatic rings. The van der Waals surface area contributed by atoms with Crippen molar-refractivity contribution in [1.82, 2.24) is 10.8 Å². The van der Waals surface area contributed by atoms with Crippen molar-refractivity contribution < 1.29 is 19.1 Å². The number of nitrogens with two attached hydrogens (primary N) is 1. The van der Waals surface area contributed by atoms with Gasteiger partial charge in [0.1, 0.15) is 11.5 Å². The molecular weight excluding hydrogens is 262 g/mol. The third kappa shape index (κ3) is 2.31. The maximum absolute atomic E-state index is 11.9. The molecule has 1 atom stereocenters. The van der Waals surface area contributed by atoms with Crippen LogP contribution in [0.4, 0.5) is 0 Å². The summed E-state index contributed by atoms with van der Waals surface area (Å²) in [5.74, 6) is 0.357. The van der Waals surface area contributed by atoms with E-state index in [1.54, 1.807) is 39.2 Å². The molecule has 109 valence electrons. The Hall–Kier alpha value is -1.83. The molecule has 0 aliphatic carbocycles. The number of benzene rings is 1. The minimum absolute atomic E-state index is 0.431. The number of primary amides is 1. The maximum atomic E-state index is 11.9. The predicted molar refractivity (Wildman–Crippen MR) is 70.9 cm³/mol. The van der Waals surface area contributed by atoms with Crippen LogP contribution in [0.1, 0.15) is 19.4 Å². The minimum Gasteiger partial charge on any atom is -0.497 e. The number of nitrogens with zero attached hydrogens (tertiary/aromatic N) is 1. The first-order chi connectivity index (χ1) is 9.34. The molecule has 1 heterocycles. The average Bonchev–Trinajstić information content (AvgIpc) is 2.75. The fourth-order valence-electron chi connectivity index (χ4n) is 2.10. The molecule has 0 saturated carbocycles. The van der Waals surface area contributed by atoms with Crippen LogP contribution < -0.4 is 26.0 Å². The number of nitrogens with one attached hydrogen (secondary N) is 1. The Kier molecular flexibility index (Phi) is 3.59. The van der Waals surface area contributed by atoms with Crippen molar-refractivity contribution in [1.29, 1.82) is 0 Å². The minimum atomic E-state index is -1.49. The van der Waals surface area contributed by atoms with E-state index in [4.69, 9.17) is 20.0 Å². The Morgan fingerprint density at radius 3 is 2.50 bits per heavy atom. The highest BCUT2D eigenvalue weighted by atomic mass is 16.7. The highest BCUT2D eigenvalue weighted by Crippen LogP contribution is 2.37. The number of amides is 1. The van der Waals surface area contributed by atoms with E-state index in [1.807, 2.05) is 0 Å². The zero-order chi connectivity index (χ0) is 15.0. The predicted octanol–water partition coefficient (Wildman–Crippen LogP) is 0.217. The van der Waals surface area contributed by atoms with Gasteiger partial charge in [-0.15, -0.1) is 0 Å². The van der Waals surface area contributed by atoms with Crippen LogP contribution >= 0.6 is 0 Å². The van der Waals surface area contributed by atoms with Crippen molar-refractivity contribution in [3.05, 3.63) is 23.8 Å². The van der Waals surface area contributed by atoms with E-state index >= 15 is 0 Å². The van der Waals surface area contributed by atoms with E-state index in [9.17, 15) is 4.79 Å². The van der Waals surface area contributed by atoms with Crippen LogP contribution in [0.15, 0.2) is 18.2 Å². The van der Waals surface area contributed by atoms with E-state index in [-0.39, 0.29) is 0 Å². The van der Waals surface area contributed by atoms with E-state index in [2.05, 4.69) is 10.8 Å². The molecule has 0 spiro atoms. The first-order valence-electron chi connectivity index (χ1n) is 6.06. The van der Waals surface area contributed by atoms with Gasteiger partial charge in [-0.05, 0) is 26.0 Å². The molecule has 7 nitrogen and oxygen atoms in total. The molecule has 1 aromatic rings. The quantitative estimate of drug-likeness (QED) is 0.822. The standard InChI is InChI=1S/C13H18N3O4/c1-12(2)15-13(11(14)17,16-20-12)9-6-5-8(18-3)7-10(9)19-4/h5-7,16H,1-4H3,(H2,14,17). The van der Waals surface area contributed by atoms with Crippen molar-refractivity contribution in [2.24, 2.45) is 5.73 Å². The monoisotopic (exact) mass is 280 g/mol. The number of rotatable bonds is 4. The van der Waals surface area contributed by atoms with Gasteiger partial charge >= 0.3 is 0 Å². The van der Waals surface area contributed by atoms with Gasteiger partial charge in [-0.3, -0.25) is 9.63 Å². The summed E-state index contributed by atoms with van der Waals surface area (Å²) in [6.07, 6.45) is 0. The van der Waals surface area contributed by atoms with Gasteiger partial charge in [-0.1, -0.05) is 0 Å². The molecule has 1 fully saturated rings. The highest BCUT2D eigenvalue weighted by Gasteiger charge is 2.52. The van der Waals surface area contributed by atoms with E-state index in [0.29, 0.717) is 17.1 Å². The van der Waals surface area contributed by atoms with Crippen LogP contribution in [0.5, 0.6) is 11.5 Å². The summed E-state index contributed by atoms with van der Waals surface area (Å²) in [6.45, 7) is 3.45. The summed E-state index contributed by atoms with van der Waals surface area (Å²) in [4.78, 5) is 17.3. The molecule has 1 saturated heterocycles. The number of carbonyl (C=O) groups is 1. The smallest absolute Gasteiger partial charge is 0.261 e. The van der Waals surface area contributed by atoms with Crippen molar-refractivity contribution >= 4 is 5.91 Å². The number of hydroxylamine groups is 1. The van der Waals surface area contributed by atoms with Crippen LogP contribution in [0.3, 0.4) is 0 Å². The molecule has 1 unspecified atom stereocenters. The molecule has 0 aromatic heterocycles. The number of hydrogen-bond donors (Lipinski definition) is 2. The Morgan fingerprint density at radius 2 is 2.05 bits per heavy atom. The average molecular weight is 280 g/mol. The SMILES string of the molecule is COc1ccc(C2(C(N)=O)[N]C(C)(C)ON2)c(OC)c1.